The average molecular weight is 254 g/mol. The highest BCUT2D eigenvalue weighted by Crippen LogP contribution is 2.23. The highest BCUT2D eigenvalue weighted by atomic mass is 16.2. The minimum absolute atomic E-state index is 0.0669. The van der Waals surface area contributed by atoms with Crippen molar-refractivity contribution in [3.8, 4) is 0 Å². The van der Waals surface area contributed by atoms with E-state index in [1.165, 1.54) is 25.7 Å². The van der Waals surface area contributed by atoms with E-state index in [1.54, 1.807) is 0 Å². The molecular weight excluding hydrogens is 224 g/mol. The van der Waals surface area contributed by atoms with E-state index < -0.39 is 0 Å². The largest absolute Gasteiger partial charge is 0.352 e. The lowest BCUT2D eigenvalue weighted by Crippen LogP contribution is -2.49. The standard InChI is InChI=1S/C15H30N2O/c1-5-6-12(3)16-15(18)13(4)17-14-9-7-11(2)8-10-14/h11-14,17H,5-10H2,1-4H3,(H,16,18). The summed E-state index contributed by atoms with van der Waals surface area (Å²) in [5.74, 6) is 1.01. The first-order chi connectivity index (χ1) is 8.52. The van der Waals surface area contributed by atoms with Gasteiger partial charge in [0.2, 0.25) is 5.91 Å². The van der Waals surface area contributed by atoms with Crippen molar-refractivity contribution in [2.45, 2.75) is 84.3 Å². The molecule has 3 heteroatoms. The predicted octanol–water partition coefficient (Wildman–Crippen LogP) is 2.85. The Labute approximate surface area is 112 Å². The van der Waals surface area contributed by atoms with Crippen molar-refractivity contribution in [2.75, 3.05) is 0 Å². The highest BCUT2D eigenvalue weighted by molar-refractivity contribution is 5.81. The third-order valence-electron chi connectivity index (χ3n) is 4.01. The molecule has 1 aliphatic carbocycles. The Balaban J connectivity index is 2.26. The molecule has 2 N–H and O–H groups in total. The molecule has 1 aliphatic rings. The van der Waals surface area contributed by atoms with Gasteiger partial charge in [-0.05, 0) is 51.9 Å². The zero-order valence-corrected chi connectivity index (χ0v) is 12.5. The van der Waals surface area contributed by atoms with Crippen LogP contribution in [-0.2, 0) is 4.79 Å². The number of hydrogen-bond acceptors (Lipinski definition) is 2. The maximum Gasteiger partial charge on any atom is 0.237 e. The number of nitrogens with one attached hydrogen (secondary N) is 2. The molecule has 1 saturated carbocycles. The molecule has 2 atom stereocenters. The maximum atomic E-state index is 12.0. The zero-order chi connectivity index (χ0) is 13.5. The van der Waals surface area contributed by atoms with Gasteiger partial charge in [0.05, 0.1) is 6.04 Å². The topological polar surface area (TPSA) is 41.1 Å². The summed E-state index contributed by atoms with van der Waals surface area (Å²) in [5, 5.41) is 6.55. The summed E-state index contributed by atoms with van der Waals surface area (Å²) in [6.45, 7) is 8.52. The van der Waals surface area contributed by atoms with Gasteiger partial charge in [-0.25, -0.2) is 0 Å². The Kier molecular flexibility index (Phi) is 6.69. The minimum Gasteiger partial charge on any atom is -0.352 e. The number of hydrogen-bond donors (Lipinski definition) is 2. The summed E-state index contributed by atoms with van der Waals surface area (Å²) in [7, 11) is 0. The van der Waals surface area contributed by atoms with Crippen LogP contribution < -0.4 is 10.6 Å². The molecule has 0 heterocycles. The predicted molar refractivity (Wildman–Crippen MR) is 76.5 cm³/mol. The molecule has 18 heavy (non-hydrogen) atoms. The molecule has 3 nitrogen and oxygen atoms in total. The molecule has 1 rings (SSSR count). The minimum atomic E-state index is -0.0669. The normalized spacial score (nSPS) is 27.6. The van der Waals surface area contributed by atoms with Crippen molar-refractivity contribution < 1.29 is 4.79 Å². The molecule has 1 fully saturated rings. The van der Waals surface area contributed by atoms with Crippen LogP contribution >= 0.6 is 0 Å². The monoisotopic (exact) mass is 254 g/mol. The fraction of sp³-hybridized carbons (Fsp3) is 0.933. The van der Waals surface area contributed by atoms with Crippen LogP contribution in [0.5, 0.6) is 0 Å². The van der Waals surface area contributed by atoms with Crippen LogP contribution in [0.1, 0.15) is 66.2 Å². The van der Waals surface area contributed by atoms with Gasteiger partial charge in [0.15, 0.2) is 0 Å². The maximum absolute atomic E-state index is 12.0. The third kappa shape index (κ3) is 5.38. The summed E-state index contributed by atoms with van der Waals surface area (Å²) < 4.78 is 0. The lowest BCUT2D eigenvalue weighted by atomic mass is 9.87. The van der Waals surface area contributed by atoms with Crippen LogP contribution in [0.25, 0.3) is 0 Å². The van der Waals surface area contributed by atoms with Crippen LogP contribution in [0.3, 0.4) is 0 Å². The van der Waals surface area contributed by atoms with Gasteiger partial charge in [-0.15, -0.1) is 0 Å². The van der Waals surface area contributed by atoms with E-state index in [0.717, 1.165) is 18.8 Å². The Morgan fingerprint density at radius 3 is 2.39 bits per heavy atom. The van der Waals surface area contributed by atoms with Crippen LogP contribution in [0.2, 0.25) is 0 Å². The Hall–Kier alpha value is -0.570. The average Bonchev–Trinajstić information content (AvgIpc) is 2.32. The fourth-order valence-electron chi connectivity index (χ4n) is 2.73. The Bertz CT molecular complexity index is 247. The summed E-state index contributed by atoms with van der Waals surface area (Å²) >= 11 is 0. The van der Waals surface area contributed by atoms with Gasteiger partial charge in [-0.1, -0.05) is 20.3 Å². The van der Waals surface area contributed by atoms with Gasteiger partial charge < -0.3 is 10.6 Å². The number of amides is 1. The molecule has 0 aromatic carbocycles. The van der Waals surface area contributed by atoms with E-state index in [2.05, 4.69) is 31.4 Å². The molecular formula is C15H30N2O. The van der Waals surface area contributed by atoms with Crippen molar-refractivity contribution in [2.24, 2.45) is 5.92 Å². The first-order valence-corrected chi connectivity index (χ1v) is 7.59. The smallest absolute Gasteiger partial charge is 0.237 e. The SMILES string of the molecule is CCCC(C)NC(=O)C(C)NC1CCC(C)CC1. The summed E-state index contributed by atoms with van der Waals surface area (Å²) in [5.41, 5.74) is 0. The molecule has 0 aromatic heterocycles. The van der Waals surface area contributed by atoms with Crippen molar-refractivity contribution >= 4 is 5.91 Å². The van der Waals surface area contributed by atoms with Crippen LogP contribution in [0.15, 0.2) is 0 Å². The van der Waals surface area contributed by atoms with E-state index >= 15 is 0 Å². The fourth-order valence-corrected chi connectivity index (χ4v) is 2.73. The van der Waals surface area contributed by atoms with Crippen molar-refractivity contribution in [3.05, 3.63) is 0 Å². The number of carbonyl (C=O) groups excluding carboxylic acids is 1. The van der Waals surface area contributed by atoms with Crippen LogP contribution in [0.4, 0.5) is 0 Å². The van der Waals surface area contributed by atoms with Gasteiger partial charge in [0, 0.05) is 12.1 Å². The van der Waals surface area contributed by atoms with E-state index in [0.29, 0.717) is 6.04 Å². The van der Waals surface area contributed by atoms with Crippen molar-refractivity contribution in [1.29, 1.82) is 0 Å². The lowest BCUT2D eigenvalue weighted by molar-refractivity contribution is -0.123. The number of carbonyl (C=O) groups is 1. The third-order valence-corrected chi connectivity index (χ3v) is 4.01. The molecule has 0 spiro atoms. The van der Waals surface area contributed by atoms with Crippen LogP contribution in [-0.4, -0.2) is 24.0 Å². The second kappa shape index (κ2) is 7.78. The summed E-state index contributed by atoms with van der Waals surface area (Å²) in [4.78, 5) is 12.0. The van der Waals surface area contributed by atoms with E-state index in [9.17, 15) is 4.79 Å². The quantitative estimate of drug-likeness (QED) is 0.765. The van der Waals surface area contributed by atoms with E-state index in [1.807, 2.05) is 6.92 Å². The molecule has 0 aromatic rings. The van der Waals surface area contributed by atoms with Gasteiger partial charge in [-0.3, -0.25) is 4.79 Å². The number of rotatable bonds is 6. The Morgan fingerprint density at radius 1 is 1.22 bits per heavy atom. The second-order valence-corrected chi connectivity index (χ2v) is 6.04. The second-order valence-electron chi connectivity index (χ2n) is 6.04. The molecule has 0 radical (unpaired) electrons. The molecule has 2 unspecified atom stereocenters. The van der Waals surface area contributed by atoms with Gasteiger partial charge >= 0.3 is 0 Å². The highest BCUT2D eigenvalue weighted by Gasteiger charge is 2.22. The zero-order valence-electron chi connectivity index (χ0n) is 12.5. The molecule has 0 bridgehead atoms. The molecule has 106 valence electrons. The summed E-state index contributed by atoms with van der Waals surface area (Å²) in [6.07, 6.45) is 7.17. The van der Waals surface area contributed by atoms with Gasteiger partial charge in [0.1, 0.15) is 0 Å². The molecule has 1 amide bonds. The first-order valence-electron chi connectivity index (χ1n) is 7.59. The van der Waals surface area contributed by atoms with Crippen molar-refractivity contribution in [3.63, 3.8) is 0 Å². The molecule has 0 saturated heterocycles. The van der Waals surface area contributed by atoms with Crippen LogP contribution in [0, 0.1) is 5.92 Å². The van der Waals surface area contributed by atoms with E-state index in [4.69, 9.17) is 0 Å². The van der Waals surface area contributed by atoms with Crippen molar-refractivity contribution in [1.82, 2.24) is 10.6 Å². The summed E-state index contributed by atoms with van der Waals surface area (Å²) in [6, 6.07) is 0.754. The Morgan fingerprint density at radius 2 is 1.83 bits per heavy atom. The van der Waals surface area contributed by atoms with Gasteiger partial charge in [0.25, 0.3) is 0 Å². The van der Waals surface area contributed by atoms with E-state index in [-0.39, 0.29) is 18.0 Å². The molecule has 0 aliphatic heterocycles. The first kappa shape index (κ1) is 15.5. The van der Waals surface area contributed by atoms with Gasteiger partial charge in [-0.2, -0.15) is 0 Å². The lowest BCUT2D eigenvalue weighted by Gasteiger charge is -2.29.